The van der Waals surface area contributed by atoms with Crippen molar-refractivity contribution in [2.75, 3.05) is 7.11 Å². The number of halogens is 3. The number of hydrogen-bond donors (Lipinski definition) is 0. The molecule has 0 bridgehead atoms. The van der Waals surface area contributed by atoms with Gasteiger partial charge in [-0.25, -0.2) is 0 Å². The second kappa shape index (κ2) is 4.91. The van der Waals surface area contributed by atoms with E-state index >= 15 is 0 Å². The van der Waals surface area contributed by atoms with Crippen molar-refractivity contribution in [1.29, 1.82) is 0 Å². The summed E-state index contributed by atoms with van der Waals surface area (Å²) in [7, 11) is 19.8. The zero-order valence-electron chi connectivity index (χ0n) is 6.93. The predicted molar refractivity (Wildman–Crippen MR) is 56.3 cm³/mol. The van der Waals surface area contributed by atoms with Gasteiger partial charge in [-0.3, -0.25) is 0 Å². The van der Waals surface area contributed by atoms with Crippen LogP contribution in [0.4, 0.5) is 0 Å². The van der Waals surface area contributed by atoms with Crippen molar-refractivity contribution in [3.63, 3.8) is 0 Å². The van der Waals surface area contributed by atoms with Gasteiger partial charge in [-0.05, 0) is 0 Å². The van der Waals surface area contributed by atoms with Crippen LogP contribution in [-0.4, -0.2) is 28.0 Å². The van der Waals surface area contributed by atoms with Crippen LogP contribution < -0.4 is 0 Å². The number of ether oxygens (including phenoxy) is 1. The molecule has 0 amide bonds. The van der Waals surface area contributed by atoms with E-state index in [-0.39, 0.29) is 10.1 Å². The van der Waals surface area contributed by atoms with Gasteiger partial charge in [-0.1, -0.05) is 0 Å². The molecule has 1 rings (SSSR count). The van der Waals surface area contributed by atoms with Crippen molar-refractivity contribution in [2.45, 2.75) is 35.8 Å². The maximum atomic E-state index is 6.03. The van der Waals surface area contributed by atoms with Gasteiger partial charge >= 0.3 is 89.3 Å². The Kier molecular flexibility index (Phi) is 4.79. The molecule has 0 heterocycles. The third kappa shape index (κ3) is 3.08. The fourth-order valence-corrected chi connectivity index (χ4v) is 8.67. The predicted octanol–water partition coefficient (Wildman–Crippen LogP) is 3.60. The second-order valence-corrected chi connectivity index (χ2v) is 20.3. The Balaban J connectivity index is 2.59. The zero-order valence-corrected chi connectivity index (χ0v) is 11.5. The Morgan fingerprint density at radius 2 is 1.75 bits per heavy atom. The summed E-state index contributed by atoms with van der Waals surface area (Å²) in [4.78, 5) is 0. The van der Waals surface area contributed by atoms with Gasteiger partial charge in [0.2, 0.25) is 0 Å². The molecule has 0 N–H and O–H groups in total. The molecule has 1 aliphatic carbocycles. The SMILES string of the molecule is CO[C@@H]1CCCC[C@H]1[Te](Cl)(Cl)Cl. The zero-order chi connectivity index (χ0) is 9.19. The van der Waals surface area contributed by atoms with E-state index in [1.807, 2.05) is 0 Å². The number of methoxy groups -OCH3 is 1. The molecular formula is C7H13Cl3OTe. The van der Waals surface area contributed by atoms with Crippen molar-refractivity contribution in [3.8, 4) is 0 Å². The van der Waals surface area contributed by atoms with Crippen molar-refractivity contribution in [1.82, 2.24) is 0 Å². The summed E-state index contributed by atoms with van der Waals surface area (Å²) in [6.45, 7) is 0. The molecule has 0 aliphatic heterocycles. The van der Waals surface area contributed by atoms with E-state index in [1.165, 1.54) is 12.8 Å². The minimum absolute atomic E-state index is 0.201. The molecule has 0 aromatic rings. The van der Waals surface area contributed by atoms with Crippen molar-refractivity contribution >= 4 is 41.7 Å². The van der Waals surface area contributed by atoms with Crippen LogP contribution in [-0.2, 0) is 4.74 Å². The third-order valence-corrected chi connectivity index (χ3v) is 10.4. The summed E-state index contributed by atoms with van der Waals surface area (Å²) in [5, 5.41) is 0. The molecular weight excluding hydrogens is 334 g/mol. The molecule has 0 aromatic carbocycles. The third-order valence-electron chi connectivity index (χ3n) is 2.29. The molecule has 1 fully saturated rings. The molecule has 74 valence electrons. The fourth-order valence-electron chi connectivity index (χ4n) is 1.64. The first kappa shape index (κ1) is 11.7. The first-order valence-electron chi connectivity index (χ1n) is 3.99. The molecule has 0 spiro atoms. The normalized spacial score (nSPS) is 33.3. The van der Waals surface area contributed by atoms with Crippen LogP contribution in [0.15, 0.2) is 0 Å². The van der Waals surface area contributed by atoms with Crippen LogP contribution in [0, 0.1) is 0 Å². The van der Waals surface area contributed by atoms with Crippen LogP contribution in [0.25, 0.3) is 0 Å². The van der Waals surface area contributed by atoms with Crippen molar-refractivity contribution in [3.05, 3.63) is 0 Å². The Morgan fingerprint density at radius 1 is 1.17 bits per heavy atom. The Bertz CT molecular complexity index is 148. The fraction of sp³-hybridized carbons (Fsp3) is 1.00. The van der Waals surface area contributed by atoms with Crippen LogP contribution >= 0.6 is 26.9 Å². The number of rotatable bonds is 2. The van der Waals surface area contributed by atoms with Gasteiger partial charge in [0.1, 0.15) is 0 Å². The summed E-state index contributed by atoms with van der Waals surface area (Å²) >= 11 is -3.06. The molecule has 2 atom stereocenters. The summed E-state index contributed by atoms with van der Waals surface area (Å²) in [6.07, 6.45) is 4.69. The van der Waals surface area contributed by atoms with Gasteiger partial charge in [0, 0.05) is 0 Å². The van der Waals surface area contributed by atoms with Gasteiger partial charge in [0.15, 0.2) is 0 Å². The second-order valence-electron chi connectivity index (χ2n) is 3.04. The Hall–Kier alpha value is 1.62. The topological polar surface area (TPSA) is 9.23 Å². The molecule has 0 unspecified atom stereocenters. The molecule has 12 heavy (non-hydrogen) atoms. The molecule has 1 nitrogen and oxygen atoms in total. The molecule has 0 aromatic heterocycles. The molecule has 1 aliphatic rings. The van der Waals surface area contributed by atoms with E-state index in [1.54, 1.807) is 7.11 Å². The first-order chi connectivity index (χ1) is 5.55. The average molecular weight is 347 g/mol. The minimum atomic E-state index is -3.06. The maximum absolute atomic E-state index is 6.03. The molecule has 0 radical (unpaired) electrons. The summed E-state index contributed by atoms with van der Waals surface area (Å²) in [5.74, 6) is 0. The molecule has 1 saturated carbocycles. The van der Waals surface area contributed by atoms with E-state index in [4.69, 9.17) is 31.6 Å². The summed E-state index contributed by atoms with van der Waals surface area (Å²) < 4.78 is 5.57. The van der Waals surface area contributed by atoms with Gasteiger partial charge in [-0.15, -0.1) is 0 Å². The molecule has 5 heteroatoms. The van der Waals surface area contributed by atoms with Gasteiger partial charge in [0.05, 0.1) is 0 Å². The van der Waals surface area contributed by atoms with Crippen molar-refractivity contribution < 1.29 is 4.74 Å². The Labute approximate surface area is 88.7 Å². The van der Waals surface area contributed by atoms with E-state index in [0.717, 1.165) is 12.8 Å². The van der Waals surface area contributed by atoms with Gasteiger partial charge in [0.25, 0.3) is 0 Å². The van der Waals surface area contributed by atoms with E-state index in [9.17, 15) is 0 Å². The van der Waals surface area contributed by atoms with Crippen LogP contribution in [0.3, 0.4) is 0 Å². The van der Waals surface area contributed by atoms with Crippen molar-refractivity contribution in [2.24, 2.45) is 0 Å². The van der Waals surface area contributed by atoms with Crippen LogP contribution in [0.1, 0.15) is 25.7 Å². The van der Waals surface area contributed by atoms with E-state index in [2.05, 4.69) is 0 Å². The monoisotopic (exact) mass is 348 g/mol. The van der Waals surface area contributed by atoms with Crippen LogP contribution in [0.5, 0.6) is 0 Å². The van der Waals surface area contributed by atoms with E-state index in [0.29, 0.717) is 0 Å². The molecule has 0 saturated heterocycles. The number of hydrogen-bond acceptors (Lipinski definition) is 1. The van der Waals surface area contributed by atoms with Gasteiger partial charge < -0.3 is 0 Å². The van der Waals surface area contributed by atoms with Gasteiger partial charge in [-0.2, -0.15) is 0 Å². The Morgan fingerprint density at radius 3 is 2.17 bits per heavy atom. The summed E-state index contributed by atoms with van der Waals surface area (Å²) in [6, 6.07) is 0. The standard InChI is InChI=1S/C7H13Cl3OTe/c1-11-6-4-2-3-5-7(6)12(8,9)10/h6-7H,2-5H2,1H3/t6-,7-/m1/s1. The summed E-state index contributed by atoms with van der Waals surface area (Å²) in [5.41, 5.74) is 0. The first-order valence-corrected chi connectivity index (χ1v) is 14.2. The van der Waals surface area contributed by atoms with E-state index < -0.39 is 14.8 Å². The average Bonchev–Trinajstić information content (AvgIpc) is 2.03. The quantitative estimate of drug-likeness (QED) is 0.694. The van der Waals surface area contributed by atoms with Crippen LogP contribution in [0.2, 0.25) is 3.97 Å².